The number of amides is 1. The molecule has 0 saturated carbocycles. The predicted molar refractivity (Wildman–Crippen MR) is 79.7 cm³/mol. The first-order valence-electron chi connectivity index (χ1n) is 6.64. The summed E-state index contributed by atoms with van der Waals surface area (Å²) in [7, 11) is 0. The molecular formula is C15H19NO2S. The topological polar surface area (TPSA) is 46.2 Å². The molecule has 1 saturated heterocycles. The van der Waals surface area contributed by atoms with Crippen molar-refractivity contribution in [3.8, 4) is 0 Å². The summed E-state index contributed by atoms with van der Waals surface area (Å²) in [6.07, 6.45) is 2.85. The fourth-order valence-corrected chi connectivity index (χ4v) is 3.44. The van der Waals surface area contributed by atoms with E-state index in [1.54, 1.807) is 18.2 Å². The summed E-state index contributed by atoms with van der Waals surface area (Å²) in [5, 5.41) is 2.89. The Morgan fingerprint density at radius 1 is 1.32 bits per heavy atom. The number of carbonyl (C=O) groups excluding carboxylic acids is 2. The van der Waals surface area contributed by atoms with Gasteiger partial charge in [0.1, 0.15) is 0 Å². The molecule has 1 aromatic rings. The Morgan fingerprint density at radius 3 is 2.74 bits per heavy atom. The number of benzene rings is 1. The summed E-state index contributed by atoms with van der Waals surface area (Å²) < 4.78 is 0. The Kier molecular flexibility index (Phi) is 5.02. The van der Waals surface area contributed by atoms with Crippen LogP contribution in [0.3, 0.4) is 0 Å². The first-order chi connectivity index (χ1) is 9.15. The highest BCUT2D eigenvalue weighted by Crippen LogP contribution is 2.25. The monoisotopic (exact) mass is 277 g/mol. The van der Waals surface area contributed by atoms with Crippen LogP contribution in [0.5, 0.6) is 0 Å². The lowest BCUT2D eigenvalue weighted by Crippen LogP contribution is -2.19. The van der Waals surface area contributed by atoms with Crippen LogP contribution in [-0.2, 0) is 4.79 Å². The van der Waals surface area contributed by atoms with E-state index in [1.807, 2.05) is 17.8 Å². The van der Waals surface area contributed by atoms with E-state index >= 15 is 0 Å². The van der Waals surface area contributed by atoms with E-state index < -0.39 is 0 Å². The number of hydrogen-bond acceptors (Lipinski definition) is 3. The van der Waals surface area contributed by atoms with Crippen molar-refractivity contribution in [1.82, 2.24) is 0 Å². The van der Waals surface area contributed by atoms with Gasteiger partial charge in [0, 0.05) is 17.7 Å². The molecule has 19 heavy (non-hydrogen) atoms. The van der Waals surface area contributed by atoms with Crippen LogP contribution >= 0.6 is 11.8 Å². The van der Waals surface area contributed by atoms with Gasteiger partial charge in [-0.1, -0.05) is 12.1 Å². The van der Waals surface area contributed by atoms with E-state index in [4.69, 9.17) is 0 Å². The number of rotatable bonds is 4. The molecule has 1 heterocycles. The second-order valence-corrected chi connectivity index (χ2v) is 6.17. The number of nitrogens with one attached hydrogen (secondary N) is 1. The largest absolute Gasteiger partial charge is 0.326 e. The van der Waals surface area contributed by atoms with Gasteiger partial charge in [0.2, 0.25) is 5.91 Å². The van der Waals surface area contributed by atoms with Crippen molar-refractivity contribution in [1.29, 1.82) is 0 Å². The zero-order chi connectivity index (χ0) is 13.7. The normalized spacial score (nSPS) is 16.1. The maximum atomic E-state index is 12.0. The Labute approximate surface area is 118 Å². The fourth-order valence-electron chi connectivity index (χ4n) is 2.24. The molecule has 0 aromatic heterocycles. The fraction of sp³-hybridized carbons (Fsp3) is 0.467. The maximum Gasteiger partial charge on any atom is 0.224 e. The summed E-state index contributed by atoms with van der Waals surface area (Å²) in [5.41, 5.74) is 1.34. The van der Waals surface area contributed by atoms with Gasteiger partial charge in [-0.25, -0.2) is 0 Å². The lowest BCUT2D eigenvalue weighted by molar-refractivity contribution is -0.117. The maximum absolute atomic E-state index is 12.0. The van der Waals surface area contributed by atoms with Crippen molar-refractivity contribution < 1.29 is 9.59 Å². The lowest BCUT2D eigenvalue weighted by Gasteiger charge is -2.20. The van der Waals surface area contributed by atoms with Gasteiger partial charge in [-0.15, -0.1) is 0 Å². The van der Waals surface area contributed by atoms with Gasteiger partial charge in [-0.2, -0.15) is 11.8 Å². The Balaban J connectivity index is 1.90. The van der Waals surface area contributed by atoms with E-state index in [1.165, 1.54) is 6.92 Å². The quantitative estimate of drug-likeness (QED) is 0.858. The smallest absolute Gasteiger partial charge is 0.224 e. The third-order valence-corrected chi connectivity index (χ3v) is 4.42. The summed E-state index contributed by atoms with van der Waals surface area (Å²) in [6.45, 7) is 1.53. The highest BCUT2D eigenvalue weighted by atomic mass is 32.2. The average molecular weight is 277 g/mol. The van der Waals surface area contributed by atoms with Gasteiger partial charge in [0.25, 0.3) is 0 Å². The van der Waals surface area contributed by atoms with E-state index in [0.717, 1.165) is 24.3 Å². The van der Waals surface area contributed by atoms with Crippen LogP contribution in [0.4, 0.5) is 5.69 Å². The molecule has 0 spiro atoms. The molecule has 0 unspecified atom stereocenters. The third kappa shape index (κ3) is 4.39. The Hall–Kier alpha value is -1.29. The first kappa shape index (κ1) is 14.1. The van der Waals surface area contributed by atoms with Crippen LogP contribution in [0.25, 0.3) is 0 Å². The minimum absolute atomic E-state index is 0.0143. The number of anilines is 1. The van der Waals surface area contributed by atoms with Crippen LogP contribution in [0.15, 0.2) is 24.3 Å². The molecule has 1 aliphatic heterocycles. The number of thioether (sulfide) groups is 1. The summed E-state index contributed by atoms with van der Waals surface area (Å²) in [4.78, 5) is 23.2. The zero-order valence-corrected chi connectivity index (χ0v) is 12.0. The number of carbonyl (C=O) groups is 2. The van der Waals surface area contributed by atoms with Crippen LogP contribution in [0.2, 0.25) is 0 Å². The molecule has 1 aliphatic rings. The number of hydrogen-bond donors (Lipinski definition) is 1. The predicted octanol–water partition coefficient (Wildman–Crippen LogP) is 3.36. The van der Waals surface area contributed by atoms with Gasteiger partial charge in [-0.05, 0) is 49.3 Å². The number of ketones is 1. The van der Waals surface area contributed by atoms with Gasteiger partial charge >= 0.3 is 0 Å². The third-order valence-electron chi connectivity index (χ3n) is 3.37. The van der Waals surface area contributed by atoms with E-state index in [2.05, 4.69) is 5.32 Å². The zero-order valence-electron chi connectivity index (χ0n) is 11.1. The van der Waals surface area contributed by atoms with Gasteiger partial charge < -0.3 is 5.32 Å². The molecule has 2 rings (SSSR count). The highest BCUT2D eigenvalue weighted by molar-refractivity contribution is 7.99. The van der Waals surface area contributed by atoms with Gasteiger partial charge in [0.15, 0.2) is 5.78 Å². The average Bonchev–Trinajstić information content (AvgIpc) is 2.40. The van der Waals surface area contributed by atoms with Crippen molar-refractivity contribution in [2.45, 2.75) is 26.2 Å². The Morgan fingerprint density at radius 2 is 2.05 bits per heavy atom. The molecule has 1 aromatic carbocycles. The summed E-state index contributed by atoms with van der Waals surface area (Å²) >= 11 is 1.97. The van der Waals surface area contributed by atoms with E-state index in [9.17, 15) is 9.59 Å². The van der Waals surface area contributed by atoms with Crippen LogP contribution in [-0.4, -0.2) is 23.2 Å². The molecule has 0 aliphatic carbocycles. The van der Waals surface area contributed by atoms with Crippen LogP contribution in [0.1, 0.15) is 36.5 Å². The Bertz CT molecular complexity index is 467. The SMILES string of the molecule is CC(=O)c1cccc(NC(=O)CC2CCSCC2)c1. The molecule has 1 amide bonds. The molecule has 102 valence electrons. The van der Waals surface area contributed by atoms with Gasteiger partial charge in [0.05, 0.1) is 0 Å². The second-order valence-electron chi connectivity index (χ2n) is 4.95. The summed E-state index contributed by atoms with van der Waals surface area (Å²) in [6, 6.07) is 7.11. The van der Waals surface area contributed by atoms with E-state index in [0.29, 0.717) is 23.6 Å². The van der Waals surface area contributed by atoms with Crippen LogP contribution < -0.4 is 5.32 Å². The van der Waals surface area contributed by atoms with E-state index in [-0.39, 0.29) is 11.7 Å². The molecule has 0 radical (unpaired) electrons. The lowest BCUT2D eigenvalue weighted by atomic mass is 9.98. The molecule has 1 fully saturated rings. The molecular weight excluding hydrogens is 258 g/mol. The second kappa shape index (κ2) is 6.75. The molecule has 0 atom stereocenters. The first-order valence-corrected chi connectivity index (χ1v) is 7.79. The molecule has 4 heteroatoms. The van der Waals surface area contributed by atoms with Crippen molar-refractivity contribution in [3.63, 3.8) is 0 Å². The van der Waals surface area contributed by atoms with Gasteiger partial charge in [-0.3, -0.25) is 9.59 Å². The molecule has 3 nitrogen and oxygen atoms in total. The van der Waals surface area contributed by atoms with Crippen molar-refractivity contribution in [2.75, 3.05) is 16.8 Å². The molecule has 0 bridgehead atoms. The number of Topliss-reactive ketones (excluding diaryl/α,β-unsaturated/α-hetero) is 1. The highest BCUT2D eigenvalue weighted by Gasteiger charge is 2.17. The van der Waals surface area contributed by atoms with Crippen molar-refractivity contribution >= 4 is 29.1 Å². The molecule has 1 N–H and O–H groups in total. The minimum atomic E-state index is 0.0143. The summed E-state index contributed by atoms with van der Waals surface area (Å²) in [5.74, 6) is 2.91. The van der Waals surface area contributed by atoms with Crippen LogP contribution in [0, 0.1) is 5.92 Å². The standard InChI is InChI=1S/C15H19NO2S/c1-11(17)13-3-2-4-14(10-13)16-15(18)9-12-5-7-19-8-6-12/h2-4,10,12H,5-9H2,1H3,(H,16,18). The van der Waals surface area contributed by atoms with Crippen molar-refractivity contribution in [2.24, 2.45) is 5.92 Å². The minimum Gasteiger partial charge on any atom is -0.326 e. The van der Waals surface area contributed by atoms with Crippen molar-refractivity contribution in [3.05, 3.63) is 29.8 Å².